The molecule has 0 heterocycles. The van der Waals surface area contributed by atoms with Crippen molar-refractivity contribution in [3.63, 3.8) is 0 Å². The molecule has 0 aromatic heterocycles. The lowest BCUT2D eigenvalue weighted by atomic mass is 10.1. The minimum absolute atomic E-state index is 0.0245. The van der Waals surface area contributed by atoms with E-state index in [2.05, 4.69) is 16.6 Å². The van der Waals surface area contributed by atoms with Crippen molar-refractivity contribution in [3.8, 4) is 0 Å². The van der Waals surface area contributed by atoms with Crippen LogP contribution < -0.4 is 5.32 Å². The number of amides is 1. The third-order valence-electron chi connectivity index (χ3n) is 5.64. The molecule has 0 aliphatic rings. The molecule has 0 fully saturated rings. The normalized spacial score (nSPS) is 10.2. The number of esters is 4. The predicted molar refractivity (Wildman–Crippen MR) is 148 cm³/mol. The number of unbranched alkanes of at least 4 members (excludes halogenated alkanes) is 3. The lowest BCUT2D eigenvalue weighted by Gasteiger charge is -2.07. The molecule has 1 N–H and O–H groups in total. The van der Waals surface area contributed by atoms with Crippen LogP contribution in [0.1, 0.15) is 90.4 Å². The fraction of sp³-hybridized carbons (Fsp3) is 0.655. The quantitative estimate of drug-likeness (QED) is 0.0533. The molecule has 0 rings (SSSR count). The Kier molecular flexibility index (Phi) is 21.6. The molecule has 0 aromatic carbocycles. The molecular weight excluding hydrogens is 554 g/mol. The Labute approximate surface area is 246 Å². The fourth-order valence-electron chi connectivity index (χ4n) is 3.27. The van der Waals surface area contributed by atoms with Gasteiger partial charge in [0, 0.05) is 44.1 Å². The largest absolute Gasteiger partial charge is 0.469 e. The molecule has 1 amide bonds. The van der Waals surface area contributed by atoms with Gasteiger partial charge in [-0.3, -0.25) is 33.6 Å². The van der Waals surface area contributed by atoms with Crippen LogP contribution in [0.2, 0.25) is 0 Å². The second-order valence-electron chi connectivity index (χ2n) is 9.58. The second-order valence-corrected chi connectivity index (χ2v) is 9.58. The Hall–Kier alpha value is -3.90. The van der Waals surface area contributed by atoms with Crippen LogP contribution in [-0.4, -0.2) is 80.6 Å². The Balaban J connectivity index is 3.76. The van der Waals surface area contributed by atoms with Crippen LogP contribution in [0, 0.1) is 0 Å². The maximum Gasteiger partial charge on any atom is 0.333 e. The smallest absolute Gasteiger partial charge is 0.333 e. The third kappa shape index (κ3) is 22.9. The van der Waals surface area contributed by atoms with Crippen LogP contribution in [0.15, 0.2) is 12.2 Å². The molecule has 0 saturated heterocycles. The van der Waals surface area contributed by atoms with Crippen molar-refractivity contribution in [2.24, 2.45) is 0 Å². The van der Waals surface area contributed by atoms with Gasteiger partial charge in [-0.15, -0.1) is 0 Å². The number of carbonyl (C=O) groups is 8. The molecule has 13 nitrogen and oxygen atoms in total. The van der Waals surface area contributed by atoms with Gasteiger partial charge in [-0.1, -0.05) is 6.58 Å². The highest BCUT2D eigenvalue weighted by Gasteiger charge is 2.13. The van der Waals surface area contributed by atoms with Crippen LogP contribution in [0.3, 0.4) is 0 Å². The minimum Gasteiger partial charge on any atom is -0.469 e. The van der Waals surface area contributed by atoms with Gasteiger partial charge in [-0.2, -0.15) is 0 Å². The first-order valence-corrected chi connectivity index (χ1v) is 14.0. The molecule has 0 aliphatic carbocycles. The molecule has 0 bridgehead atoms. The van der Waals surface area contributed by atoms with Gasteiger partial charge in [0.25, 0.3) is 0 Å². The molecule has 0 unspecified atom stereocenters. The number of hydrogen-bond donors (Lipinski definition) is 1. The van der Waals surface area contributed by atoms with Crippen LogP contribution in [0.5, 0.6) is 0 Å². The number of rotatable bonds is 25. The monoisotopic (exact) mass is 597 g/mol. The summed E-state index contributed by atoms with van der Waals surface area (Å²) in [5.74, 6) is -3.34. The zero-order valence-corrected chi connectivity index (χ0v) is 24.6. The van der Waals surface area contributed by atoms with Crippen molar-refractivity contribution in [2.75, 3.05) is 33.5 Å². The summed E-state index contributed by atoms with van der Waals surface area (Å²) in [5.41, 5.74) is 0.245. The molecule has 0 aromatic rings. The first kappa shape index (κ1) is 38.1. The number of hydrogen-bond acceptors (Lipinski definition) is 12. The van der Waals surface area contributed by atoms with E-state index in [9.17, 15) is 38.4 Å². The highest BCUT2D eigenvalue weighted by molar-refractivity contribution is 5.98. The summed E-state index contributed by atoms with van der Waals surface area (Å²) in [6.45, 7) is 4.27. The van der Waals surface area contributed by atoms with E-state index in [1.807, 2.05) is 0 Å². The topological polar surface area (TPSA) is 186 Å². The molecule has 236 valence electrons. The Morgan fingerprint density at radius 1 is 0.595 bits per heavy atom. The van der Waals surface area contributed by atoms with E-state index in [4.69, 9.17) is 14.2 Å². The lowest BCUT2D eigenvalue weighted by Crippen LogP contribution is -2.29. The van der Waals surface area contributed by atoms with Gasteiger partial charge in [-0.05, 0) is 45.4 Å². The van der Waals surface area contributed by atoms with Gasteiger partial charge in [0.05, 0.1) is 20.1 Å². The lowest BCUT2D eigenvalue weighted by molar-refractivity contribution is -0.148. The average Bonchev–Trinajstić information content (AvgIpc) is 2.95. The van der Waals surface area contributed by atoms with Crippen molar-refractivity contribution in [1.82, 2.24) is 5.32 Å². The predicted octanol–water partition coefficient (Wildman–Crippen LogP) is 2.26. The maximum atomic E-state index is 11.9. The van der Waals surface area contributed by atoms with E-state index >= 15 is 0 Å². The number of ketones is 3. The summed E-state index contributed by atoms with van der Waals surface area (Å²) in [6, 6.07) is 0. The van der Waals surface area contributed by atoms with Crippen LogP contribution in [0.4, 0.5) is 0 Å². The Bertz CT molecular complexity index is 956. The zero-order valence-electron chi connectivity index (χ0n) is 24.6. The van der Waals surface area contributed by atoms with Crippen molar-refractivity contribution in [1.29, 1.82) is 0 Å². The molecule has 0 atom stereocenters. The van der Waals surface area contributed by atoms with Gasteiger partial charge in [0.15, 0.2) is 11.6 Å². The fourth-order valence-corrected chi connectivity index (χ4v) is 3.27. The number of methoxy groups -OCH3 is 1. The summed E-state index contributed by atoms with van der Waals surface area (Å²) in [4.78, 5) is 93.0. The van der Waals surface area contributed by atoms with Crippen molar-refractivity contribution in [3.05, 3.63) is 12.2 Å². The van der Waals surface area contributed by atoms with Crippen LogP contribution in [-0.2, 0) is 57.3 Å². The molecule has 13 heteroatoms. The summed E-state index contributed by atoms with van der Waals surface area (Å²) < 4.78 is 19.2. The Morgan fingerprint density at radius 3 is 1.48 bits per heavy atom. The summed E-state index contributed by atoms with van der Waals surface area (Å²) >= 11 is 0. The van der Waals surface area contributed by atoms with Gasteiger partial charge >= 0.3 is 23.9 Å². The first-order chi connectivity index (χ1) is 19.9. The number of nitrogens with one attached hydrogen (secondary N) is 1. The SMILES string of the molecule is C=C(C)C(=O)OCCNC(=O)CC(=O)CCCCC(=O)OCC(=O)CCCCC(=O)OCC(=O)CCCCC(=O)OC. The van der Waals surface area contributed by atoms with E-state index < -0.39 is 23.8 Å². The van der Waals surface area contributed by atoms with Gasteiger partial charge in [0.1, 0.15) is 25.6 Å². The van der Waals surface area contributed by atoms with E-state index in [-0.39, 0.29) is 100 Å². The summed E-state index contributed by atoms with van der Waals surface area (Å²) in [5, 5.41) is 2.47. The first-order valence-electron chi connectivity index (χ1n) is 14.0. The molecule has 0 radical (unpaired) electrons. The van der Waals surface area contributed by atoms with E-state index in [0.717, 1.165) is 0 Å². The van der Waals surface area contributed by atoms with E-state index in [1.165, 1.54) is 14.0 Å². The average molecular weight is 598 g/mol. The number of Topliss-reactive ketones (excluding diaryl/α,β-unsaturated/α-hetero) is 3. The van der Waals surface area contributed by atoms with Crippen molar-refractivity contribution in [2.45, 2.75) is 90.4 Å². The molecular formula is C29H43NO12. The molecule has 0 spiro atoms. The zero-order chi connectivity index (χ0) is 31.8. The summed E-state index contributed by atoms with van der Waals surface area (Å²) in [7, 11) is 1.29. The van der Waals surface area contributed by atoms with E-state index in [0.29, 0.717) is 38.5 Å². The number of carbonyl (C=O) groups excluding carboxylic acids is 8. The highest BCUT2D eigenvalue weighted by Crippen LogP contribution is 2.07. The number of ether oxygens (including phenoxy) is 4. The Morgan fingerprint density at radius 2 is 1.02 bits per heavy atom. The highest BCUT2D eigenvalue weighted by atomic mass is 16.5. The van der Waals surface area contributed by atoms with Gasteiger partial charge in [-0.25, -0.2) is 4.79 Å². The van der Waals surface area contributed by atoms with Crippen molar-refractivity contribution >= 4 is 47.1 Å². The maximum absolute atomic E-state index is 11.9. The third-order valence-corrected chi connectivity index (χ3v) is 5.64. The van der Waals surface area contributed by atoms with Crippen LogP contribution >= 0.6 is 0 Å². The summed E-state index contributed by atoms with van der Waals surface area (Å²) in [6.07, 6.45) is 2.93. The van der Waals surface area contributed by atoms with Gasteiger partial charge in [0.2, 0.25) is 5.91 Å². The molecule has 0 aliphatic heterocycles. The minimum atomic E-state index is -0.573. The molecule has 0 saturated carbocycles. The van der Waals surface area contributed by atoms with Crippen molar-refractivity contribution < 1.29 is 57.3 Å². The standard InChI is InChI=1S/C29H43NO12/c1-21(2)29(38)40-17-16-30-25(34)18-22(31)10-4-8-14-27(36)41-20-24(33)12-6-9-15-28(37)42-19-23(32)11-5-7-13-26(35)39-3/h1,4-20H2,2-3H3,(H,30,34). The molecule has 42 heavy (non-hydrogen) atoms. The second kappa shape index (κ2) is 23.8. The van der Waals surface area contributed by atoms with E-state index in [1.54, 1.807) is 0 Å². The van der Waals surface area contributed by atoms with Gasteiger partial charge < -0.3 is 24.3 Å². The van der Waals surface area contributed by atoms with Crippen LogP contribution in [0.25, 0.3) is 0 Å².